The Morgan fingerprint density at radius 3 is 2.61 bits per heavy atom. The number of hydrogen-bond donors (Lipinski definition) is 1. The van der Waals surface area contributed by atoms with E-state index in [1.807, 2.05) is 62.6 Å². The lowest BCUT2D eigenvalue weighted by atomic mass is 9.93. The van der Waals surface area contributed by atoms with Crippen LogP contribution in [0.5, 0.6) is 5.75 Å². The van der Waals surface area contributed by atoms with Gasteiger partial charge in [-0.3, -0.25) is 9.59 Å². The van der Waals surface area contributed by atoms with E-state index in [1.165, 1.54) is 6.26 Å². The second-order valence-electron chi connectivity index (χ2n) is 8.40. The monoisotopic (exact) mass is 447 g/mol. The first-order chi connectivity index (χ1) is 16.0. The summed E-state index contributed by atoms with van der Waals surface area (Å²) in [7, 11) is 5.58. The number of methoxy groups -OCH3 is 1. The number of benzene rings is 2. The molecule has 3 aromatic rings. The van der Waals surface area contributed by atoms with Gasteiger partial charge in [0.2, 0.25) is 5.91 Å². The summed E-state index contributed by atoms with van der Waals surface area (Å²) in [4.78, 5) is 30.2. The zero-order chi connectivity index (χ0) is 23.4. The van der Waals surface area contributed by atoms with E-state index in [0.717, 1.165) is 22.4 Å². The van der Waals surface area contributed by atoms with E-state index in [9.17, 15) is 9.59 Å². The summed E-state index contributed by atoms with van der Waals surface area (Å²) in [5, 5.41) is 3.08. The molecule has 1 N–H and O–H groups in total. The second-order valence-corrected chi connectivity index (χ2v) is 8.40. The molecule has 33 heavy (non-hydrogen) atoms. The van der Waals surface area contributed by atoms with Gasteiger partial charge in [-0.05, 0) is 55.1 Å². The topological polar surface area (TPSA) is 75.0 Å². The second kappa shape index (κ2) is 9.92. The fourth-order valence-electron chi connectivity index (χ4n) is 4.27. The third-order valence-electron chi connectivity index (χ3n) is 6.12. The molecule has 0 bridgehead atoms. The van der Waals surface area contributed by atoms with Crippen LogP contribution in [0.4, 0.5) is 0 Å². The van der Waals surface area contributed by atoms with Crippen LogP contribution in [0, 0.1) is 0 Å². The molecule has 0 saturated heterocycles. The van der Waals surface area contributed by atoms with E-state index in [2.05, 4.69) is 10.2 Å². The van der Waals surface area contributed by atoms with Crippen LogP contribution in [-0.2, 0) is 17.8 Å². The molecule has 0 radical (unpaired) electrons. The van der Waals surface area contributed by atoms with Gasteiger partial charge < -0.3 is 24.3 Å². The highest BCUT2D eigenvalue weighted by Crippen LogP contribution is 2.26. The van der Waals surface area contributed by atoms with Crippen LogP contribution in [0.25, 0.3) is 0 Å². The van der Waals surface area contributed by atoms with E-state index in [-0.39, 0.29) is 23.6 Å². The van der Waals surface area contributed by atoms with Crippen LogP contribution in [-0.4, -0.2) is 55.4 Å². The molecule has 7 heteroatoms. The molecule has 172 valence electrons. The fourth-order valence-corrected chi connectivity index (χ4v) is 4.27. The van der Waals surface area contributed by atoms with Crippen molar-refractivity contribution in [3.05, 3.63) is 89.4 Å². The number of nitrogens with one attached hydrogen (secondary N) is 1. The van der Waals surface area contributed by atoms with Crippen molar-refractivity contribution in [1.29, 1.82) is 0 Å². The molecule has 2 heterocycles. The third kappa shape index (κ3) is 4.93. The number of carbonyl (C=O) groups excluding carboxylic acids is 2. The van der Waals surface area contributed by atoms with Gasteiger partial charge in [0.15, 0.2) is 5.76 Å². The Morgan fingerprint density at radius 1 is 1.12 bits per heavy atom. The predicted molar refractivity (Wildman–Crippen MR) is 125 cm³/mol. The molecular formula is C26H29N3O4. The zero-order valence-electron chi connectivity index (χ0n) is 19.2. The first-order valence-electron chi connectivity index (χ1n) is 11.0. The van der Waals surface area contributed by atoms with Crippen LogP contribution in [0.15, 0.2) is 71.3 Å². The van der Waals surface area contributed by atoms with Crippen LogP contribution >= 0.6 is 0 Å². The summed E-state index contributed by atoms with van der Waals surface area (Å²) in [6.45, 7) is 0.765. The highest BCUT2D eigenvalue weighted by atomic mass is 16.5. The normalized spacial score (nSPS) is 16.2. The van der Waals surface area contributed by atoms with Gasteiger partial charge in [0.1, 0.15) is 11.8 Å². The van der Waals surface area contributed by atoms with E-state index >= 15 is 0 Å². The first kappa shape index (κ1) is 22.6. The largest absolute Gasteiger partial charge is 0.497 e. The molecule has 0 fully saturated rings. The van der Waals surface area contributed by atoms with Crippen LogP contribution < -0.4 is 10.1 Å². The van der Waals surface area contributed by atoms with Gasteiger partial charge in [0.25, 0.3) is 5.91 Å². The highest BCUT2D eigenvalue weighted by Gasteiger charge is 2.36. The summed E-state index contributed by atoms with van der Waals surface area (Å²) >= 11 is 0. The maximum Gasteiger partial charge on any atom is 0.290 e. The van der Waals surface area contributed by atoms with E-state index < -0.39 is 6.04 Å². The summed E-state index contributed by atoms with van der Waals surface area (Å²) in [6, 6.07) is 18.4. The molecule has 2 aromatic carbocycles. The molecule has 0 aliphatic carbocycles. The molecule has 1 aliphatic heterocycles. The van der Waals surface area contributed by atoms with Gasteiger partial charge in [-0.1, -0.05) is 36.4 Å². The number of likely N-dealkylation sites (N-methyl/N-ethyl adjacent to an activating group) is 1. The van der Waals surface area contributed by atoms with Crippen molar-refractivity contribution in [2.45, 2.75) is 25.0 Å². The van der Waals surface area contributed by atoms with Crippen molar-refractivity contribution in [3.63, 3.8) is 0 Å². The maximum absolute atomic E-state index is 13.4. The molecule has 0 saturated carbocycles. The molecule has 2 atom stereocenters. The third-order valence-corrected chi connectivity index (χ3v) is 6.12. The molecule has 4 rings (SSSR count). The minimum Gasteiger partial charge on any atom is -0.497 e. The molecule has 1 aromatic heterocycles. The Hall–Kier alpha value is -3.58. The smallest absolute Gasteiger partial charge is 0.290 e. The molecule has 2 unspecified atom stereocenters. The summed E-state index contributed by atoms with van der Waals surface area (Å²) < 4.78 is 10.7. The van der Waals surface area contributed by atoms with Gasteiger partial charge in [-0.15, -0.1) is 0 Å². The Balaban J connectivity index is 1.54. The Bertz CT molecular complexity index is 1110. The lowest BCUT2D eigenvalue weighted by molar-refractivity contribution is -0.126. The van der Waals surface area contributed by atoms with Crippen molar-refractivity contribution in [2.24, 2.45) is 0 Å². The van der Waals surface area contributed by atoms with E-state index in [4.69, 9.17) is 9.15 Å². The first-order valence-corrected chi connectivity index (χ1v) is 11.0. The van der Waals surface area contributed by atoms with Crippen LogP contribution in [0.2, 0.25) is 0 Å². The van der Waals surface area contributed by atoms with Crippen molar-refractivity contribution < 1.29 is 18.7 Å². The highest BCUT2D eigenvalue weighted by molar-refractivity contribution is 5.96. The predicted octanol–water partition coefficient (Wildman–Crippen LogP) is 3.27. The van der Waals surface area contributed by atoms with E-state index in [0.29, 0.717) is 19.5 Å². The SMILES string of the molecule is COc1cccc(C(CNC(=O)C2Cc3ccccc3CN2C(=O)c2ccco2)N(C)C)c1. The van der Waals surface area contributed by atoms with Crippen molar-refractivity contribution in [2.75, 3.05) is 27.7 Å². The minimum atomic E-state index is -0.620. The number of fused-ring (bicyclic) bond motifs is 1. The van der Waals surface area contributed by atoms with Gasteiger partial charge in [-0.25, -0.2) is 0 Å². The molecule has 0 spiro atoms. The molecule has 7 nitrogen and oxygen atoms in total. The number of hydrogen-bond acceptors (Lipinski definition) is 5. The summed E-state index contributed by atoms with van der Waals surface area (Å²) in [5.74, 6) is 0.533. The number of ether oxygens (including phenoxy) is 1. The minimum absolute atomic E-state index is 0.0471. The van der Waals surface area contributed by atoms with E-state index in [1.54, 1.807) is 24.1 Å². The van der Waals surface area contributed by atoms with Gasteiger partial charge in [0.05, 0.1) is 19.4 Å². The number of furan rings is 1. The Morgan fingerprint density at radius 2 is 1.91 bits per heavy atom. The van der Waals surface area contributed by atoms with Gasteiger partial charge in [0, 0.05) is 19.5 Å². The van der Waals surface area contributed by atoms with Crippen molar-refractivity contribution >= 4 is 11.8 Å². The molecule has 2 amide bonds. The molecule has 1 aliphatic rings. The Labute approximate surface area is 193 Å². The molecular weight excluding hydrogens is 418 g/mol. The van der Waals surface area contributed by atoms with Crippen LogP contribution in [0.1, 0.15) is 33.3 Å². The standard InChI is InChI=1S/C26H29N3O4/c1-28(2)23(19-10-6-11-21(14-19)32-3)16-27-25(30)22-15-18-8-4-5-9-20(18)17-29(22)26(31)24-12-7-13-33-24/h4-14,22-23H,15-17H2,1-3H3,(H,27,30). The lowest BCUT2D eigenvalue weighted by Crippen LogP contribution is -2.53. The number of amides is 2. The van der Waals surface area contributed by atoms with Crippen molar-refractivity contribution in [1.82, 2.24) is 15.1 Å². The number of nitrogens with zero attached hydrogens (tertiary/aromatic N) is 2. The average molecular weight is 448 g/mol. The Kier molecular flexibility index (Phi) is 6.79. The average Bonchev–Trinajstić information content (AvgIpc) is 3.38. The zero-order valence-corrected chi connectivity index (χ0v) is 19.2. The van der Waals surface area contributed by atoms with Gasteiger partial charge in [-0.2, -0.15) is 0 Å². The summed E-state index contributed by atoms with van der Waals surface area (Å²) in [6.07, 6.45) is 1.93. The lowest BCUT2D eigenvalue weighted by Gasteiger charge is -2.36. The quantitative estimate of drug-likeness (QED) is 0.602. The van der Waals surface area contributed by atoms with Gasteiger partial charge >= 0.3 is 0 Å². The fraction of sp³-hybridized carbons (Fsp3) is 0.308. The number of rotatable bonds is 7. The summed E-state index contributed by atoms with van der Waals surface area (Å²) in [5.41, 5.74) is 3.17. The van der Waals surface area contributed by atoms with Crippen LogP contribution in [0.3, 0.4) is 0 Å². The van der Waals surface area contributed by atoms with Crippen molar-refractivity contribution in [3.8, 4) is 5.75 Å². The number of carbonyl (C=O) groups is 2. The maximum atomic E-state index is 13.4.